The number of carbonyl (C=O) groups is 2. The molecule has 27 heavy (non-hydrogen) atoms. The van der Waals surface area contributed by atoms with Gasteiger partial charge < -0.3 is 20.3 Å². The molecule has 3 N–H and O–H groups in total. The molecule has 0 aliphatic heterocycles. The number of nitrogens with zero attached hydrogens (tertiary/aromatic N) is 2. The number of carbonyl (C=O) groups excluding carboxylic acids is 2. The van der Waals surface area contributed by atoms with Gasteiger partial charge in [-0.1, -0.05) is 43.3 Å². The molecule has 0 saturated carbocycles. The summed E-state index contributed by atoms with van der Waals surface area (Å²) in [6.07, 6.45) is 0.720. The molecule has 1 aromatic heterocycles. The molecule has 0 unspecified atom stereocenters. The molecule has 2 aromatic rings. The topological polar surface area (TPSA) is 120 Å². The zero-order valence-corrected chi connectivity index (χ0v) is 15.9. The number of aryl methyl sites for hydroxylation is 1. The third-order valence-corrected chi connectivity index (χ3v) is 4.16. The molecule has 0 aliphatic rings. The summed E-state index contributed by atoms with van der Waals surface area (Å²) in [4.78, 5) is 27.7. The smallest absolute Gasteiger partial charge is 0.240 e. The average Bonchev–Trinajstić information content (AvgIpc) is 3.12. The Labute approximate surface area is 158 Å². The van der Waals surface area contributed by atoms with Gasteiger partial charge in [0.1, 0.15) is 6.04 Å². The molecular weight excluding hydrogens is 348 g/mol. The fourth-order valence-electron chi connectivity index (χ4n) is 2.50. The maximum Gasteiger partial charge on any atom is 0.240 e. The molecule has 0 bridgehead atoms. The highest BCUT2D eigenvalue weighted by molar-refractivity contribution is 5.86. The number of hydrogen-bond donors (Lipinski definition) is 2. The van der Waals surface area contributed by atoms with Gasteiger partial charge >= 0.3 is 0 Å². The number of nitrogens with two attached hydrogens (primary N) is 1. The fraction of sp³-hybridized carbons (Fsp3) is 0.474. The maximum atomic E-state index is 12.0. The zero-order chi connectivity index (χ0) is 19.8. The predicted molar refractivity (Wildman–Crippen MR) is 99.8 cm³/mol. The summed E-state index contributed by atoms with van der Waals surface area (Å²) in [5.41, 5.74) is 7.37. The third kappa shape index (κ3) is 6.18. The van der Waals surface area contributed by atoms with Gasteiger partial charge in [-0.05, 0) is 17.9 Å². The Kier molecular flexibility index (Phi) is 7.48. The van der Waals surface area contributed by atoms with Gasteiger partial charge in [-0.3, -0.25) is 9.59 Å². The molecule has 8 nitrogen and oxygen atoms in total. The molecule has 2 rings (SSSR count). The minimum absolute atomic E-state index is 0.116. The summed E-state index contributed by atoms with van der Waals surface area (Å²) >= 11 is 0. The first-order valence-electron chi connectivity index (χ1n) is 8.91. The van der Waals surface area contributed by atoms with Crippen molar-refractivity contribution in [2.75, 3.05) is 13.7 Å². The van der Waals surface area contributed by atoms with Crippen molar-refractivity contribution in [1.82, 2.24) is 15.5 Å². The number of methoxy groups -OCH3 is 1. The molecule has 0 aliphatic carbocycles. The molecule has 1 atom stereocenters. The number of nitrogens with one attached hydrogen (secondary N) is 1. The van der Waals surface area contributed by atoms with E-state index < -0.39 is 11.9 Å². The largest absolute Gasteiger partial charge is 0.385 e. The van der Waals surface area contributed by atoms with Crippen molar-refractivity contribution in [3.05, 3.63) is 35.7 Å². The molecule has 0 spiro atoms. The van der Waals surface area contributed by atoms with Crippen LogP contribution in [0.3, 0.4) is 0 Å². The molecule has 1 heterocycles. The van der Waals surface area contributed by atoms with E-state index in [2.05, 4.69) is 29.3 Å². The summed E-state index contributed by atoms with van der Waals surface area (Å²) in [5, 5.41) is 6.55. The van der Waals surface area contributed by atoms with Crippen LogP contribution in [0.5, 0.6) is 0 Å². The zero-order valence-electron chi connectivity index (χ0n) is 15.9. The van der Waals surface area contributed by atoms with Crippen molar-refractivity contribution in [1.29, 1.82) is 0 Å². The van der Waals surface area contributed by atoms with Gasteiger partial charge in [0.05, 0.1) is 0 Å². The Morgan fingerprint density at radius 3 is 2.56 bits per heavy atom. The second-order valence-corrected chi connectivity index (χ2v) is 6.59. The Morgan fingerprint density at radius 2 is 1.96 bits per heavy atom. The van der Waals surface area contributed by atoms with Crippen LogP contribution in [0.15, 0.2) is 28.8 Å². The van der Waals surface area contributed by atoms with E-state index in [1.165, 1.54) is 12.7 Å². The van der Waals surface area contributed by atoms with Gasteiger partial charge in [-0.2, -0.15) is 4.98 Å². The van der Waals surface area contributed by atoms with E-state index in [1.54, 1.807) is 0 Å². The molecule has 1 aromatic carbocycles. The van der Waals surface area contributed by atoms with Gasteiger partial charge in [-0.25, -0.2) is 0 Å². The molecule has 8 heteroatoms. The number of hydrogen-bond acceptors (Lipinski definition) is 6. The van der Waals surface area contributed by atoms with E-state index in [-0.39, 0.29) is 18.7 Å². The standard InChI is InChI=1S/C19H26N4O4/c1-12(2)13-4-6-14(7-5-13)19-22-17(27-23-19)9-8-16(24)21-15(18(20)25)10-11-26-3/h4-7,12,15H,8-11H2,1-3H3,(H2,20,25)(H,21,24)/t15-/m1/s1. The monoisotopic (exact) mass is 374 g/mol. The van der Waals surface area contributed by atoms with Crippen LogP contribution in [0.2, 0.25) is 0 Å². The van der Waals surface area contributed by atoms with E-state index >= 15 is 0 Å². The molecule has 2 amide bonds. The van der Waals surface area contributed by atoms with Gasteiger partial charge in [0.2, 0.25) is 23.5 Å². The quantitative estimate of drug-likeness (QED) is 0.654. The number of benzene rings is 1. The van der Waals surface area contributed by atoms with E-state index in [0.717, 1.165) is 5.56 Å². The van der Waals surface area contributed by atoms with Gasteiger partial charge in [0, 0.05) is 32.1 Å². The minimum Gasteiger partial charge on any atom is -0.385 e. The predicted octanol–water partition coefficient (Wildman–Crippen LogP) is 1.80. The van der Waals surface area contributed by atoms with Crippen molar-refractivity contribution >= 4 is 11.8 Å². The lowest BCUT2D eigenvalue weighted by molar-refractivity contribution is -0.127. The summed E-state index contributed by atoms with van der Waals surface area (Å²) in [6, 6.07) is 7.21. The number of amides is 2. The van der Waals surface area contributed by atoms with Crippen molar-refractivity contribution in [2.45, 2.75) is 45.1 Å². The van der Waals surface area contributed by atoms with Crippen LogP contribution in [0.25, 0.3) is 11.4 Å². The molecule has 0 radical (unpaired) electrons. The summed E-state index contributed by atoms with van der Waals surface area (Å²) in [7, 11) is 1.52. The van der Waals surface area contributed by atoms with Gasteiger partial charge in [-0.15, -0.1) is 0 Å². The summed E-state index contributed by atoms with van der Waals surface area (Å²) < 4.78 is 10.1. The Bertz CT molecular complexity index is 755. The first-order chi connectivity index (χ1) is 12.9. The van der Waals surface area contributed by atoms with Gasteiger partial charge in [0.15, 0.2) is 0 Å². The lowest BCUT2D eigenvalue weighted by atomic mass is 10.0. The van der Waals surface area contributed by atoms with Crippen LogP contribution in [-0.4, -0.2) is 41.7 Å². The second kappa shape index (κ2) is 9.82. The second-order valence-electron chi connectivity index (χ2n) is 6.59. The summed E-state index contributed by atoms with van der Waals surface area (Å²) in [6.45, 7) is 4.59. The maximum absolute atomic E-state index is 12.0. The Morgan fingerprint density at radius 1 is 1.26 bits per heavy atom. The SMILES string of the molecule is COCC[C@@H](NC(=O)CCc1nc(-c2ccc(C(C)C)cc2)no1)C(N)=O. The fourth-order valence-corrected chi connectivity index (χ4v) is 2.50. The first kappa shape index (κ1) is 20.6. The van der Waals surface area contributed by atoms with Crippen LogP contribution in [-0.2, 0) is 20.7 Å². The van der Waals surface area contributed by atoms with E-state index in [0.29, 0.717) is 30.7 Å². The van der Waals surface area contributed by atoms with Crippen LogP contribution in [0, 0.1) is 0 Å². The number of aromatic nitrogens is 2. The lowest BCUT2D eigenvalue weighted by Gasteiger charge is -2.14. The van der Waals surface area contributed by atoms with Crippen LogP contribution in [0.4, 0.5) is 0 Å². The van der Waals surface area contributed by atoms with Crippen LogP contribution in [0.1, 0.15) is 44.1 Å². The first-order valence-corrected chi connectivity index (χ1v) is 8.91. The van der Waals surface area contributed by atoms with Crippen molar-refractivity contribution < 1.29 is 18.8 Å². The molecule has 0 saturated heterocycles. The number of rotatable bonds is 10. The molecule has 146 valence electrons. The number of ether oxygens (including phenoxy) is 1. The van der Waals surface area contributed by atoms with E-state index in [1.807, 2.05) is 24.3 Å². The van der Waals surface area contributed by atoms with E-state index in [9.17, 15) is 9.59 Å². The Balaban J connectivity index is 1.89. The van der Waals surface area contributed by atoms with Crippen LogP contribution >= 0.6 is 0 Å². The minimum atomic E-state index is -0.754. The van der Waals surface area contributed by atoms with Crippen molar-refractivity contribution in [3.63, 3.8) is 0 Å². The molecule has 0 fully saturated rings. The van der Waals surface area contributed by atoms with Crippen molar-refractivity contribution in [3.8, 4) is 11.4 Å². The highest BCUT2D eigenvalue weighted by Crippen LogP contribution is 2.20. The number of primary amides is 1. The van der Waals surface area contributed by atoms with Crippen molar-refractivity contribution in [2.24, 2.45) is 5.73 Å². The third-order valence-electron chi connectivity index (χ3n) is 4.16. The lowest BCUT2D eigenvalue weighted by Crippen LogP contribution is -2.45. The van der Waals surface area contributed by atoms with Gasteiger partial charge in [0.25, 0.3) is 0 Å². The highest BCUT2D eigenvalue weighted by atomic mass is 16.5. The average molecular weight is 374 g/mol. The Hall–Kier alpha value is -2.74. The highest BCUT2D eigenvalue weighted by Gasteiger charge is 2.18. The normalized spacial score (nSPS) is 12.1. The molecular formula is C19H26N4O4. The van der Waals surface area contributed by atoms with Crippen LogP contribution < -0.4 is 11.1 Å². The van der Waals surface area contributed by atoms with E-state index in [4.69, 9.17) is 15.0 Å². The summed E-state index contributed by atoms with van der Waals surface area (Å²) in [5.74, 6) is 0.393.